The highest BCUT2D eigenvalue weighted by atomic mass is 35.5. The molecule has 3 N–H and O–H groups in total. The van der Waals surface area contributed by atoms with Crippen LogP contribution in [0.5, 0.6) is 11.5 Å². The van der Waals surface area contributed by atoms with E-state index in [-0.39, 0.29) is 43.6 Å². The van der Waals surface area contributed by atoms with Gasteiger partial charge < -0.3 is 29.7 Å². The van der Waals surface area contributed by atoms with Crippen molar-refractivity contribution in [2.45, 2.75) is 82.8 Å². The third kappa shape index (κ3) is 9.69. The quantitative estimate of drug-likeness (QED) is 0.388. The van der Waals surface area contributed by atoms with E-state index in [9.17, 15) is 10.2 Å². The third-order valence-corrected chi connectivity index (χ3v) is 6.48. The van der Waals surface area contributed by atoms with Gasteiger partial charge in [-0.05, 0) is 43.4 Å². The van der Waals surface area contributed by atoms with E-state index < -0.39 is 6.10 Å². The van der Waals surface area contributed by atoms with Crippen LogP contribution in [0.25, 0.3) is 0 Å². The van der Waals surface area contributed by atoms with Crippen LogP contribution in [0.2, 0.25) is 0 Å². The van der Waals surface area contributed by atoms with E-state index in [1.165, 1.54) is 12.8 Å². The summed E-state index contributed by atoms with van der Waals surface area (Å²) in [6, 6.07) is 6.70. The van der Waals surface area contributed by atoms with Gasteiger partial charge in [-0.25, -0.2) is 0 Å². The summed E-state index contributed by atoms with van der Waals surface area (Å²) in [4.78, 5) is 2.43. The zero-order valence-corrected chi connectivity index (χ0v) is 22.4. The Hall–Kier alpha value is -0.800. The first-order valence-electron chi connectivity index (χ1n) is 12.2. The van der Waals surface area contributed by atoms with Crippen molar-refractivity contribution in [2.75, 3.05) is 40.0 Å². The fourth-order valence-electron chi connectivity index (χ4n) is 4.69. The van der Waals surface area contributed by atoms with E-state index in [1.807, 2.05) is 32.0 Å². The van der Waals surface area contributed by atoms with Gasteiger partial charge >= 0.3 is 0 Å². The minimum atomic E-state index is -0.574. The largest absolute Gasteiger partial charge is 0.493 e. The molecular weight excluding hydrogens is 479 g/mol. The molecule has 1 aliphatic carbocycles. The lowest BCUT2D eigenvalue weighted by Crippen LogP contribution is -2.46. The molecule has 2 aliphatic rings. The predicted molar refractivity (Wildman–Crippen MR) is 140 cm³/mol. The van der Waals surface area contributed by atoms with Crippen molar-refractivity contribution in [3.05, 3.63) is 23.8 Å². The maximum absolute atomic E-state index is 10.1. The van der Waals surface area contributed by atoms with Gasteiger partial charge in [-0.1, -0.05) is 32.8 Å². The molecule has 1 aromatic carbocycles. The molecule has 0 bridgehead atoms. The Morgan fingerprint density at radius 1 is 1.12 bits per heavy atom. The molecule has 1 aliphatic heterocycles. The molecular formula is C25H44Cl2N2O5. The molecule has 7 nitrogen and oxygen atoms in total. The van der Waals surface area contributed by atoms with E-state index in [2.05, 4.69) is 10.2 Å². The number of likely N-dealkylation sites (tertiary alicyclic amines) is 1. The monoisotopic (exact) mass is 522 g/mol. The van der Waals surface area contributed by atoms with Crippen molar-refractivity contribution < 1.29 is 24.4 Å². The summed E-state index contributed by atoms with van der Waals surface area (Å²) >= 11 is 0. The summed E-state index contributed by atoms with van der Waals surface area (Å²) in [5.74, 6) is 1.31. The van der Waals surface area contributed by atoms with E-state index in [4.69, 9.17) is 14.2 Å². The van der Waals surface area contributed by atoms with Crippen LogP contribution in [-0.4, -0.2) is 85.5 Å². The normalized spacial score (nSPS) is 23.8. The van der Waals surface area contributed by atoms with Crippen LogP contribution in [-0.2, 0) is 11.2 Å². The van der Waals surface area contributed by atoms with Crippen molar-refractivity contribution in [3.63, 3.8) is 0 Å². The molecule has 1 saturated carbocycles. The van der Waals surface area contributed by atoms with Crippen LogP contribution in [0.3, 0.4) is 0 Å². The number of hydrogen-bond acceptors (Lipinski definition) is 7. The van der Waals surface area contributed by atoms with Gasteiger partial charge in [0.25, 0.3) is 0 Å². The molecule has 0 radical (unpaired) electrons. The van der Waals surface area contributed by atoms with Crippen LogP contribution in [0.4, 0.5) is 0 Å². The number of hydrogen-bond donors (Lipinski definition) is 3. The van der Waals surface area contributed by atoms with Gasteiger partial charge in [-0.2, -0.15) is 0 Å². The molecule has 0 spiro atoms. The number of halogens is 2. The van der Waals surface area contributed by atoms with Crippen molar-refractivity contribution in [1.82, 2.24) is 10.2 Å². The summed E-state index contributed by atoms with van der Waals surface area (Å²) in [6.07, 6.45) is 5.91. The third-order valence-electron chi connectivity index (χ3n) is 6.48. The van der Waals surface area contributed by atoms with Gasteiger partial charge in [-0.15, -0.1) is 24.8 Å². The molecule has 0 amide bonds. The summed E-state index contributed by atoms with van der Waals surface area (Å²) < 4.78 is 17.6. The number of aliphatic hydroxyl groups is 2. The van der Waals surface area contributed by atoms with Crippen molar-refractivity contribution in [3.8, 4) is 11.5 Å². The summed E-state index contributed by atoms with van der Waals surface area (Å²) in [5, 5.41) is 23.2. The molecule has 0 aromatic heterocycles. The molecule has 9 heteroatoms. The number of β-amino-alcohol motifs (C(OH)–C–C–N with tert-alkyl or cyclic N) is 1. The molecule has 1 saturated heterocycles. The van der Waals surface area contributed by atoms with Gasteiger partial charge in [0.05, 0.1) is 25.9 Å². The maximum Gasteiger partial charge on any atom is 0.161 e. The number of benzene rings is 1. The lowest BCUT2D eigenvalue weighted by atomic mass is 9.91. The van der Waals surface area contributed by atoms with Crippen LogP contribution >= 0.6 is 24.8 Å². The fourth-order valence-corrected chi connectivity index (χ4v) is 4.69. The van der Waals surface area contributed by atoms with Crippen LogP contribution in [0, 0.1) is 0 Å². The molecule has 34 heavy (non-hydrogen) atoms. The molecule has 2 unspecified atom stereocenters. The fraction of sp³-hybridized carbons (Fsp3) is 0.760. The highest BCUT2D eigenvalue weighted by Gasteiger charge is 2.34. The van der Waals surface area contributed by atoms with Crippen LogP contribution in [0.1, 0.15) is 51.5 Å². The topological polar surface area (TPSA) is 83.4 Å². The smallest absolute Gasteiger partial charge is 0.161 e. The molecule has 1 aromatic rings. The molecule has 3 rings (SSSR count). The maximum atomic E-state index is 10.1. The van der Waals surface area contributed by atoms with E-state index >= 15 is 0 Å². The predicted octanol–water partition coefficient (Wildman–Crippen LogP) is 3.21. The number of nitrogens with one attached hydrogen (secondary N) is 1. The minimum absolute atomic E-state index is 0. The average molecular weight is 524 g/mol. The van der Waals surface area contributed by atoms with Gasteiger partial charge in [0, 0.05) is 31.7 Å². The highest BCUT2D eigenvalue weighted by Crippen LogP contribution is 2.30. The molecule has 2 fully saturated rings. The zero-order chi connectivity index (χ0) is 22.9. The van der Waals surface area contributed by atoms with Crippen molar-refractivity contribution >= 4 is 24.8 Å². The zero-order valence-electron chi connectivity index (χ0n) is 20.8. The summed E-state index contributed by atoms with van der Waals surface area (Å²) in [5.41, 5.74) is 1.14. The average Bonchev–Trinajstić information content (AvgIpc) is 3.23. The van der Waals surface area contributed by atoms with Crippen molar-refractivity contribution in [1.29, 1.82) is 0 Å². The lowest BCUT2D eigenvalue weighted by molar-refractivity contribution is -0.0316. The Morgan fingerprint density at radius 2 is 1.88 bits per heavy atom. The Labute approximate surface area is 217 Å². The van der Waals surface area contributed by atoms with Gasteiger partial charge in [0.15, 0.2) is 11.5 Å². The Balaban J connectivity index is 0.00000289. The highest BCUT2D eigenvalue weighted by molar-refractivity contribution is 5.85. The Kier molecular flexibility index (Phi) is 14.7. The van der Waals surface area contributed by atoms with Crippen LogP contribution < -0.4 is 14.8 Å². The second kappa shape index (κ2) is 16.0. The first kappa shape index (κ1) is 31.2. The van der Waals surface area contributed by atoms with E-state index in [0.29, 0.717) is 36.7 Å². The number of ether oxygens (including phenoxy) is 3. The second-order valence-electron chi connectivity index (χ2n) is 9.46. The Morgan fingerprint density at radius 3 is 2.56 bits per heavy atom. The van der Waals surface area contributed by atoms with E-state index in [1.54, 1.807) is 7.11 Å². The minimum Gasteiger partial charge on any atom is -0.493 e. The van der Waals surface area contributed by atoms with Crippen LogP contribution in [0.15, 0.2) is 18.2 Å². The van der Waals surface area contributed by atoms with Crippen molar-refractivity contribution in [2.24, 2.45) is 0 Å². The molecule has 198 valence electrons. The van der Waals surface area contributed by atoms with Gasteiger partial charge in [-0.3, -0.25) is 4.90 Å². The first-order valence-corrected chi connectivity index (χ1v) is 12.2. The summed E-state index contributed by atoms with van der Waals surface area (Å²) in [7, 11) is 1.64. The van der Waals surface area contributed by atoms with Gasteiger partial charge in [0.2, 0.25) is 0 Å². The first-order chi connectivity index (χ1) is 15.5. The number of aliphatic hydroxyl groups excluding tert-OH is 2. The number of rotatable bonds is 12. The lowest BCUT2D eigenvalue weighted by Gasteiger charge is -2.37. The SMILES string of the molecule is COc1cc(CCO[C@H]2CCCC[C@@H]2N2CCC(O)C2)ccc1OCC(O)CNC(C)C.Cl.Cl. The standard InChI is InChI=1S/C25H42N2O5.2ClH/c1-18(2)26-15-21(29)17-32-24-9-8-19(14-25(24)30-3)11-13-31-23-7-5-4-6-22(23)27-12-10-20(28)16-27;;/h8-9,14,18,20-23,26,28-29H,4-7,10-13,15-17H2,1-3H3;2*1H/t20?,21?,22-,23-;;/m0../s1. The van der Waals surface area contributed by atoms with E-state index in [0.717, 1.165) is 44.3 Å². The second-order valence-corrected chi connectivity index (χ2v) is 9.46. The Bertz CT molecular complexity index is 697. The number of nitrogens with zero attached hydrogens (tertiary/aromatic N) is 1. The molecule has 4 atom stereocenters. The van der Waals surface area contributed by atoms with Gasteiger partial charge in [0.1, 0.15) is 12.7 Å². The molecule has 1 heterocycles. The summed E-state index contributed by atoms with van der Waals surface area (Å²) in [6.45, 7) is 7.23. The number of methoxy groups -OCH3 is 1.